The number of hydrogen-bond acceptors (Lipinski definition) is 4. The molecule has 140 valence electrons. The van der Waals surface area contributed by atoms with E-state index in [4.69, 9.17) is 17.0 Å². The second kappa shape index (κ2) is 7.67. The van der Waals surface area contributed by atoms with Crippen LogP contribution in [0.3, 0.4) is 0 Å². The fraction of sp³-hybridized carbons (Fsp3) is 0.111. The molecule has 2 aromatic rings. The predicted molar refractivity (Wildman–Crippen MR) is 97.2 cm³/mol. The van der Waals surface area contributed by atoms with Crippen LogP contribution in [0.25, 0.3) is 6.08 Å². The first-order valence-electron chi connectivity index (χ1n) is 7.65. The first kappa shape index (κ1) is 18.7. The number of benzene rings is 2. The van der Waals surface area contributed by atoms with Crippen molar-refractivity contribution in [3.8, 4) is 11.5 Å². The van der Waals surface area contributed by atoms with Crippen LogP contribution in [0.4, 0.5) is 18.9 Å². The third kappa shape index (κ3) is 3.87. The lowest BCUT2D eigenvalue weighted by Gasteiger charge is -2.14. The van der Waals surface area contributed by atoms with Gasteiger partial charge in [-0.15, -0.1) is 0 Å². The molecule has 1 fully saturated rings. The minimum absolute atomic E-state index is 0.0287. The molecule has 1 aliphatic rings. The van der Waals surface area contributed by atoms with E-state index in [1.807, 2.05) is 0 Å². The van der Waals surface area contributed by atoms with Gasteiger partial charge in [0.1, 0.15) is 11.5 Å². The number of nitrogens with zero attached hydrogens (tertiary/aromatic N) is 1. The Morgan fingerprint density at radius 3 is 2.59 bits per heavy atom. The largest absolute Gasteiger partial charge is 0.493 e. The topological polar surface area (TPSA) is 50.8 Å². The van der Waals surface area contributed by atoms with Crippen LogP contribution in [0.2, 0.25) is 0 Å². The molecule has 5 nitrogen and oxygen atoms in total. The zero-order valence-corrected chi connectivity index (χ0v) is 14.7. The molecule has 1 aliphatic heterocycles. The molecule has 1 N–H and O–H groups in total. The summed E-state index contributed by atoms with van der Waals surface area (Å²) in [7, 11) is 1.30. The molecular weight excluding hydrogens is 381 g/mol. The summed E-state index contributed by atoms with van der Waals surface area (Å²) in [6.07, 6.45) is 1.45. The van der Waals surface area contributed by atoms with Gasteiger partial charge in [0.2, 0.25) is 0 Å². The van der Waals surface area contributed by atoms with Gasteiger partial charge < -0.3 is 14.8 Å². The minimum atomic E-state index is -2.99. The average Bonchev–Trinajstić information content (AvgIpc) is 2.90. The second-order valence-electron chi connectivity index (χ2n) is 5.37. The Morgan fingerprint density at radius 1 is 1.19 bits per heavy atom. The van der Waals surface area contributed by atoms with E-state index in [0.717, 1.165) is 4.90 Å². The Labute approximate surface area is 158 Å². The van der Waals surface area contributed by atoms with Gasteiger partial charge in [-0.2, -0.15) is 8.78 Å². The molecule has 3 rings (SSSR count). The van der Waals surface area contributed by atoms with Gasteiger partial charge in [0.25, 0.3) is 5.91 Å². The number of halogens is 3. The number of carbonyl (C=O) groups excluding carboxylic acids is 1. The molecule has 0 unspecified atom stereocenters. The van der Waals surface area contributed by atoms with Crippen molar-refractivity contribution < 1.29 is 27.4 Å². The van der Waals surface area contributed by atoms with Crippen molar-refractivity contribution in [2.45, 2.75) is 6.61 Å². The van der Waals surface area contributed by atoms with Crippen LogP contribution in [-0.2, 0) is 4.79 Å². The van der Waals surface area contributed by atoms with Gasteiger partial charge in [0.05, 0.1) is 12.8 Å². The third-order valence-corrected chi connectivity index (χ3v) is 3.97. The summed E-state index contributed by atoms with van der Waals surface area (Å²) in [6, 6.07) is 9.93. The van der Waals surface area contributed by atoms with Gasteiger partial charge in [-0.25, -0.2) is 9.29 Å². The number of hydrogen-bond donors (Lipinski definition) is 1. The predicted octanol–water partition coefficient (Wildman–Crippen LogP) is 3.70. The fourth-order valence-electron chi connectivity index (χ4n) is 2.52. The molecule has 1 saturated heterocycles. The van der Waals surface area contributed by atoms with E-state index in [2.05, 4.69) is 10.1 Å². The molecular formula is C18H13F3N2O3S. The number of amides is 1. The molecule has 0 atom stereocenters. The average molecular weight is 394 g/mol. The highest BCUT2D eigenvalue weighted by atomic mass is 32.1. The summed E-state index contributed by atoms with van der Waals surface area (Å²) < 4.78 is 48.2. The van der Waals surface area contributed by atoms with E-state index in [9.17, 15) is 18.0 Å². The molecule has 1 amide bonds. The Morgan fingerprint density at radius 2 is 1.93 bits per heavy atom. The second-order valence-corrected chi connectivity index (χ2v) is 5.76. The van der Waals surface area contributed by atoms with Crippen molar-refractivity contribution in [3.63, 3.8) is 0 Å². The monoisotopic (exact) mass is 394 g/mol. The minimum Gasteiger partial charge on any atom is -0.493 e. The van der Waals surface area contributed by atoms with Gasteiger partial charge in [0.15, 0.2) is 16.6 Å². The van der Waals surface area contributed by atoms with Crippen molar-refractivity contribution in [1.29, 1.82) is 0 Å². The van der Waals surface area contributed by atoms with Crippen molar-refractivity contribution in [2.75, 3.05) is 12.0 Å². The maximum absolute atomic E-state index is 14.0. The van der Waals surface area contributed by atoms with E-state index in [1.165, 1.54) is 49.6 Å². The highest BCUT2D eigenvalue weighted by Crippen LogP contribution is 2.31. The SMILES string of the molecule is COc1cc(/C=C2\NC(=S)N(c3ccccc3F)C2=O)ccc1OC(F)F. The standard InChI is InChI=1S/C18H13F3N2O3S/c1-25-15-9-10(6-7-14(15)26-17(20)21)8-12-16(24)23(18(27)22-12)13-5-3-2-4-11(13)19/h2-9,17H,1H3,(H,22,27)/b12-8-. The number of nitrogens with one attached hydrogen (secondary N) is 1. The van der Waals surface area contributed by atoms with Gasteiger partial charge in [-0.3, -0.25) is 4.79 Å². The molecule has 1 heterocycles. The Hall–Kier alpha value is -3.07. The number of methoxy groups -OCH3 is 1. The van der Waals surface area contributed by atoms with Crippen LogP contribution in [0, 0.1) is 5.82 Å². The quantitative estimate of drug-likeness (QED) is 0.619. The molecule has 2 aromatic carbocycles. The van der Waals surface area contributed by atoms with Crippen LogP contribution in [0.1, 0.15) is 5.56 Å². The molecule has 0 radical (unpaired) electrons. The van der Waals surface area contributed by atoms with Gasteiger partial charge in [0, 0.05) is 0 Å². The van der Waals surface area contributed by atoms with Gasteiger partial charge >= 0.3 is 6.61 Å². The normalized spacial score (nSPS) is 15.4. The first-order chi connectivity index (χ1) is 12.9. The zero-order valence-electron chi connectivity index (χ0n) is 13.9. The summed E-state index contributed by atoms with van der Waals surface area (Å²) in [5, 5.41) is 2.75. The summed E-state index contributed by atoms with van der Waals surface area (Å²) in [4.78, 5) is 13.7. The molecule has 0 aromatic heterocycles. The summed E-state index contributed by atoms with van der Waals surface area (Å²) in [5.74, 6) is -1.20. The first-order valence-corrected chi connectivity index (χ1v) is 8.06. The van der Waals surface area contributed by atoms with E-state index < -0.39 is 18.3 Å². The lowest BCUT2D eigenvalue weighted by molar-refractivity contribution is -0.113. The number of alkyl halides is 2. The van der Waals surface area contributed by atoms with E-state index >= 15 is 0 Å². The van der Waals surface area contributed by atoms with Crippen molar-refractivity contribution in [3.05, 3.63) is 59.5 Å². The maximum Gasteiger partial charge on any atom is 0.387 e. The third-order valence-electron chi connectivity index (χ3n) is 3.69. The van der Waals surface area contributed by atoms with Crippen LogP contribution < -0.4 is 19.7 Å². The van der Waals surface area contributed by atoms with Crippen LogP contribution in [0.15, 0.2) is 48.2 Å². The number of rotatable bonds is 5. The highest BCUT2D eigenvalue weighted by Gasteiger charge is 2.33. The number of anilines is 1. The Balaban J connectivity index is 1.91. The van der Waals surface area contributed by atoms with E-state index in [-0.39, 0.29) is 28.0 Å². The van der Waals surface area contributed by atoms with Crippen LogP contribution >= 0.6 is 12.2 Å². The summed E-state index contributed by atoms with van der Waals surface area (Å²) in [5.41, 5.74) is 0.608. The number of ether oxygens (including phenoxy) is 2. The molecule has 0 bridgehead atoms. The number of para-hydroxylation sites is 1. The molecule has 0 saturated carbocycles. The molecule has 27 heavy (non-hydrogen) atoms. The number of thiocarbonyl (C=S) groups is 1. The van der Waals surface area contributed by atoms with Crippen molar-refractivity contribution >= 4 is 35.0 Å². The van der Waals surface area contributed by atoms with Gasteiger partial charge in [-0.1, -0.05) is 18.2 Å². The Bertz CT molecular complexity index is 934. The summed E-state index contributed by atoms with van der Waals surface area (Å²) >= 11 is 5.13. The molecule has 0 spiro atoms. The highest BCUT2D eigenvalue weighted by molar-refractivity contribution is 7.80. The zero-order chi connectivity index (χ0) is 19.6. The fourth-order valence-corrected chi connectivity index (χ4v) is 2.81. The van der Waals surface area contributed by atoms with E-state index in [0.29, 0.717) is 5.56 Å². The maximum atomic E-state index is 14.0. The van der Waals surface area contributed by atoms with Crippen LogP contribution in [0.5, 0.6) is 11.5 Å². The molecule has 0 aliphatic carbocycles. The van der Waals surface area contributed by atoms with Crippen molar-refractivity contribution in [2.24, 2.45) is 0 Å². The lowest BCUT2D eigenvalue weighted by atomic mass is 10.1. The van der Waals surface area contributed by atoms with Crippen LogP contribution in [-0.4, -0.2) is 24.7 Å². The summed E-state index contributed by atoms with van der Waals surface area (Å²) in [6.45, 7) is -2.99. The lowest BCUT2D eigenvalue weighted by Crippen LogP contribution is -2.31. The smallest absolute Gasteiger partial charge is 0.387 e. The molecule has 9 heteroatoms. The number of carbonyl (C=O) groups is 1. The van der Waals surface area contributed by atoms with Gasteiger partial charge in [-0.05, 0) is 48.1 Å². The van der Waals surface area contributed by atoms with Crippen molar-refractivity contribution in [1.82, 2.24) is 5.32 Å². The Kier molecular flexibility index (Phi) is 5.31. The van der Waals surface area contributed by atoms with E-state index in [1.54, 1.807) is 6.07 Å².